The molecule has 0 unspecified atom stereocenters. The van der Waals surface area contributed by atoms with E-state index in [-0.39, 0.29) is 0 Å². The minimum atomic E-state index is 0.611. The summed E-state index contributed by atoms with van der Waals surface area (Å²) in [7, 11) is 2.20. The fourth-order valence-electron chi connectivity index (χ4n) is 2.31. The van der Waals surface area contributed by atoms with E-state index < -0.39 is 0 Å². The molecule has 1 N–H and O–H groups in total. The summed E-state index contributed by atoms with van der Waals surface area (Å²) in [6.07, 6.45) is 2.36. The van der Waals surface area contributed by atoms with Gasteiger partial charge >= 0.3 is 0 Å². The summed E-state index contributed by atoms with van der Waals surface area (Å²) in [5.41, 5.74) is 2.70. The van der Waals surface area contributed by atoms with Gasteiger partial charge in [0, 0.05) is 29.8 Å². The monoisotopic (exact) mass is 312 g/mol. The zero-order chi connectivity index (χ0) is 13.5. The molecule has 0 fully saturated rings. The van der Waals surface area contributed by atoms with Crippen LogP contribution < -0.4 is 10.2 Å². The van der Waals surface area contributed by atoms with Crippen LogP contribution in [0.2, 0.25) is 0 Å². The summed E-state index contributed by atoms with van der Waals surface area (Å²) < 4.78 is 1.15. The normalized spacial score (nSPS) is 11.0. The third kappa shape index (κ3) is 3.99. The standard InChI is InChI=1S/C15H25BrN2/c1-5-14(6-2)18(4)15-10-13(16)9-8-12(15)11-17-7-3/h8-10,14,17H,5-7,11H2,1-4H3. The van der Waals surface area contributed by atoms with Gasteiger partial charge in [-0.25, -0.2) is 0 Å². The predicted octanol–water partition coefficient (Wildman–Crippen LogP) is 4.18. The fourth-order valence-corrected chi connectivity index (χ4v) is 2.66. The first-order valence-corrected chi connectivity index (χ1v) is 7.65. The highest BCUT2D eigenvalue weighted by Gasteiger charge is 2.14. The zero-order valence-electron chi connectivity index (χ0n) is 12.0. The molecule has 0 amide bonds. The number of nitrogens with one attached hydrogen (secondary N) is 1. The van der Waals surface area contributed by atoms with Crippen LogP contribution in [0, 0.1) is 0 Å². The Morgan fingerprint density at radius 2 is 1.89 bits per heavy atom. The number of benzene rings is 1. The van der Waals surface area contributed by atoms with Crippen LogP contribution in [0.5, 0.6) is 0 Å². The molecule has 0 spiro atoms. The molecule has 3 heteroatoms. The molecule has 1 aromatic rings. The average Bonchev–Trinajstić information content (AvgIpc) is 2.38. The molecule has 102 valence electrons. The second-order valence-corrected chi connectivity index (χ2v) is 5.55. The topological polar surface area (TPSA) is 15.3 Å². The molecule has 18 heavy (non-hydrogen) atoms. The third-order valence-corrected chi connectivity index (χ3v) is 3.98. The Hall–Kier alpha value is -0.540. The summed E-state index contributed by atoms with van der Waals surface area (Å²) in [6.45, 7) is 8.59. The molecule has 0 bridgehead atoms. The number of anilines is 1. The number of rotatable bonds is 7. The molecule has 0 heterocycles. The van der Waals surface area contributed by atoms with Crippen molar-refractivity contribution < 1.29 is 0 Å². The van der Waals surface area contributed by atoms with Crippen molar-refractivity contribution in [2.75, 3.05) is 18.5 Å². The minimum Gasteiger partial charge on any atom is -0.371 e. The number of hydrogen-bond acceptors (Lipinski definition) is 2. The van der Waals surface area contributed by atoms with Gasteiger partial charge in [-0.1, -0.05) is 42.8 Å². The summed E-state index contributed by atoms with van der Waals surface area (Å²) in [5.74, 6) is 0. The van der Waals surface area contributed by atoms with E-state index in [1.165, 1.54) is 24.1 Å². The van der Waals surface area contributed by atoms with Gasteiger partial charge in [0.15, 0.2) is 0 Å². The number of hydrogen-bond donors (Lipinski definition) is 1. The maximum absolute atomic E-state index is 3.58. The molecule has 1 aromatic carbocycles. The van der Waals surface area contributed by atoms with Crippen molar-refractivity contribution in [2.24, 2.45) is 0 Å². The summed E-state index contributed by atoms with van der Waals surface area (Å²) in [5, 5.41) is 3.41. The largest absolute Gasteiger partial charge is 0.371 e. The van der Waals surface area contributed by atoms with Crippen molar-refractivity contribution in [3.05, 3.63) is 28.2 Å². The molecule has 1 rings (SSSR count). The Labute approximate surface area is 120 Å². The highest BCUT2D eigenvalue weighted by molar-refractivity contribution is 9.10. The first-order valence-electron chi connectivity index (χ1n) is 6.85. The van der Waals surface area contributed by atoms with Gasteiger partial charge in [0.1, 0.15) is 0 Å². The van der Waals surface area contributed by atoms with Gasteiger partial charge in [-0.15, -0.1) is 0 Å². The van der Waals surface area contributed by atoms with Gasteiger partial charge in [-0.2, -0.15) is 0 Å². The maximum atomic E-state index is 3.58. The summed E-state index contributed by atoms with van der Waals surface area (Å²) in [6, 6.07) is 7.17. The quantitative estimate of drug-likeness (QED) is 0.812. The number of halogens is 1. The van der Waals surface area contributed by atoms with Crippen LogP contribution in [0.4, 0.5) is 5.69 Å². The van der Waals surface area contributed by atoms with Crippen molar-refractivity contribution in [1.82, 2.24) is 5.32 Å². The molecule has 0 atom stereocenters. The molecule has 0 saturated carbocycles. The van der Waals surface area contributed by atoms with Gasteiger partial charge in [-0.3, -0.25) is 0 Å². The lowest BCUT2D eigenvalue weighted by molar-refractivity contribution is 0.588. The van der Waals surface area contributed by atoms with Crippen molar-refractivity contribution in [1.29, 1.82) is 0 Å². The Morgan fingerprint density at radius 3 is 2.44 bits per heavy atom. The van der Waals surface area contributed by atoms with E-state index in [1.54, 1.807) is 0 Å². The highest BCUT2D eigenvalue weighted by Crippen LogP contribution is 2.27. The Morgan fingerprint density at radius 1 is 1.22 bits per heavy atom. The Bertz CT molecular complexity index is 362. The molecule has 0 aromatic heterocycles. The van der Waals surface area contributed by atoms with Gasteiger partial charge in [0.2, 0.25) is 0 Å². The van der Waals surface area contributed by atoms with Crippen molar-refractivity contribution in [2.45, 2.75) is 46.2 Å². The van der Waals surface area contributed by atoms with Gasteiger partial charge in [-0.05, 0) is 37.1 Å². The van der Waals surface area contributed by atoms with E-state index in [9.17, 15) is 0 Å². The van der Waals surface area contributed by atoms with Crippen LogP contribution in [-0.4, -0.2) is 19.6 Å². The zero-order valence-corrected chi connectivity index (χ0v) is 13.5. The minimum absolute atomic E-state index is 0.611. The lowest BCUT2D eigenvalue weighted by Gasteiger charge is -2.30. The second kappa shape index (κ2) is 7.80. The first-order chi connectivity index (χ1) is 8.63. The van der Waals surface area contributed by atoms with Gasteiger partial charge < -0.3 is 10.2 Å². The van der Waals surface area contributed by atoms with Crippen molar-refractivity contribution in [3.8, 4) is 0 Å². The van der Waals surface area contributed by atoms with E-state index in [4.69, 9.17) is 0 Å². The molecule has 0 aliphatic carbocycles. The van der Waals surface area contributed by atoms with Crippen LogP contribution in [0.25, 0.3) is 0 Å². The van der Waals surface area contributed by atoms with Crippen molar-refractivity contribution in [3.63, 3.8) is 0 Å². The van der Waals surface area contributed by atoms with Crippen LogP contribution in [0.1, 0.15) is 39.2 Å². The Balaban J connectivity index is 2.99. The fraction of sp³-hybridized carbons (Fsp3) is 0.600. The SMILES string of the molecule is CCNCc1ccc(Br)cc1N(C)C(CC)CC. The lowest BCUT2D eigenvalue weighted by atomic mass is 10.1. The summed E-state index contributed by atoms with van der Waals surface area (Å²) in [4.78, 5) is 2.41. The van der Waals surface area contributed by atoms with E-state index in [2.05, 4.69) is 72.2 Å². The van der Waals surface area contributed by atoms with Gasteiger partial charge in [0.05, 0.1) is 0 Å². The number of nitrogens with zero attached hydrogens (tertiary/aromatic N) is 1. The molecule has 0 radical (unpaired) electrons. The van der Waals surface area contributed by atoms with Crippen LogP contribution in [0.3, 0.4) is 0 Å². The smallest absolute Gasteiger partial charge is 0.0423 e. The molecule has 0 saturated heterocycles. The Kier molecular flexibility index (Phi) is 6.72. The van der Waals surface area contributed by atoms with Crippen molar-refractivity contribution >= 4 is 21.6 Å². The first kappa shape index (κ1) is 15.5. The van der Waals surface area contributed by atoms with Crippen LogP contribution >= 0.6 is 15.9 Å². The molecule has 0 aliphatic heterocycles. The van der Waals surface area contributed by atoms with E-state index >= 15 is 0 Å². The van der Waals surface area contributed by atoms with E-state index in [0.29, 0.717) is 6.04 Å². The predicted molar refractivity (Wildman–Crippen MR) is 84.3 cm³/mol. The highest BCUT2D eigenvalue weighted by atomic mass is 79.9. The van der Waals surface area contributed by atoms with E-state index in [0.717, 1.165) is 17.6 Å². The molecule has 0 aliphatic rings. The third-order valence-electron chi connectivity index (χ3n) is 3.48. The lowest BCUT2D eigenvalue weighted by Crippen LogP contribution is -2.31. The van der Waals surface area contributed by atoms with E-state index in [1.807, 2.05) is 0 Å². The van der Waals surface area contributed by atoms with Gasteiger partial charge in [0.25, 0.3) is 0 Å². The van der Waals surface area contributed by atoms with Crippen LogP contribution in [-0.2, 0) is 6.54 Å². The van der Waals surface area contributed by atoms with Crippen LogP contribution in [0.15, 0.2) is 22.7 Å². The summed E-state index contributed by atoms with van der Waals surface area (Å²) >= 11 is 3.58. The molecular formula is C15H25BrN2. The maximum Gasteiger partial charge on any atom is 0.0423 e. The molecule has 2 nitrogen and oxygen atoms in total. The molecular weight excluding hydrogens is 288 g/mol. The average molecular weight is 313 g/mol. The second-order valence-electron chi connectivity index (χ2n) is 4.63.